The molecule has 0 amide bonds. The smallest absolute Gasteiger partial charge is 0.124 e. The Labute approximate surface area is 161 Å². The Hall–Kier alpha value is -2.36. The number of nitrogens with one attached hydrogen (secondary N) is 1. The molecule has 1 fully saturated rings. The third-order valence-electron chi connectivity index (χ3n) is 5.17. The van der Waals surface area contributed by atoms with Crippen LogP contribution in [0.2, 0.25) is 0 Å². The first-order chi connectivity index (χ1) is 13.3. The molecule has 1 unspecified atom stereocenters. The van der Waals surface area contributed by atoms with Gasteiger partial charge in [0.25, 0.3) is 0 Å². The number of hydrogen-bond acceptors (Lipinski definition) is 3. The van der Waals surface area contributed by atoms with Gasteiger partial charge in [-0.3, -0.25) is 0 Å². The van der Waals surface area contributed by atoms with E-state index in [1.54, 1.807) is 0 Å². The first-order valence-corrected chi connectivity index (χ1v) is 9.81. The number of fused-ring (bicyclic) bond motifs is 1. The van der Waals surface area contributed by atoms with E-state index in [0.29, 0.717) is 12.7 Å². The lowest BCUT2D eigenvalue weighted by Gasteiger charge is -2.17. The zero-order chi connectivity index (χ0) is 18.5. The fourth-order valence-corrected chi connectivity index (χ4v) is 3.76. The van der Waals surface area contributed by atoms with E-state index < -0.39 is 0 Å². The van der Waals surface area contributed by atoms with Crippen LogP contribution in [0, 0.1) is 6.92 Å². The molecule has 3 heteroatoms. The maximum absolute atomic E-state index is 6.24. The van der Waals surface area contributed by atoms with Crippen LogP contribution in [0.5, 0.6) is 5.75 Å². The van der Waals surface area contributed by atoms with Crippen LogP contribution in [-0.2, 0) is 17.9 Å². The zero-order valence-electron chi connectivity index (χ0n) is 15.9. The van der Waals surface area contributed by atoms with Gasteiger partial charge in [-0.25, -0.2) is 0 Å². The van der Waals surface area contributed by atoms with Crippen LogP contribution in [-0.4, -0.2) is 19.3 Å². The van der Waals surface area contributed by atoms with E-state index in [1.165, 1.54) is 33.9 Å². The van der Waals surface area contributed by atoms with Crippen LogP contribution in [0.1, 0.15) is 29.5 Å². The predicted molar refractivity (Wildman–Crippen MR) is 110 cm³/mol. The van der Waals surface area contributed by atoms with E-state index in [9.17, 15) is 0 Å². The minimum absolute atomic E-state index is 0.344. The van der Waals surface area contributed by atoms with Gasteiger partial charge in [0.05, 0.1) is 6.10 Å². The quantitative estimate of drug-likeness (QED) is 0.643. The summed E-state index contributed by atoms with van der Waals surface area (Å²) in [6.45, 7) is 5.26. The average Bonchev–Trinajstić information content (AvgIpc) is 3.20. The summed E-state index contributed by atoms with van der Waals surface area (Å²) in [5.41, 5.74) is 3.67. The molecule has 140 valence electrons. The summed E-state index contributed by atoms with van der Waals surface area (Å²) in [6.07, 6.45) is 2.67. The summed E-state index contributed by atoms with van der Waals surface area (Å²) < 4.78 is 12.0. The fourth-order valence-electron chi connectivity index (χ4n) is 3.76. The van der Waals surface area contributed by atoms with Gasteiger partial charge < -0.3 is 14.8 Å². The van der Waals surface area contributed by atoms with Gasteiger partial charge in [0, 0.05) is 25.3 Å². The van der Waals surface area contributed by atoms with Gasteiger partial charge in [-0.1, -0.05) is 60.2 Å². The molecular formula is C24H27NO2. The van der Waals surface area contributed by atoms with Gasteiger partial charge in [0.2, 0.25) is 0 Å². The largest absolute Gasteiger partial charge is 0.489 e. The molecule has 1 N–H and O–H groups in total. The van der Waals surface area contributed by atoms with Crippen LogP contribution in [0.15, 0.2) is 60.7 Å². The second kappa shape index (κ2) is 8.55. The number of hydrogen-bond donors (Lipinski definition) is 1. The Kier molecular flexibility index (Phi) is 5.71. The molecular weight excluding hydrogens is 334 g/mol. The number of rotatable bonds is 7. The van der Waals surface area contributed by atoms with Crippen molar-refractivity contribution in [3.05, 3.63) is 77.4 Å². The summed E-state index contributed by atoms with van der Waals surface area (Å²) in [5, 5.41) is 6.07. The monoisotopic (exact) mass is 361 g/mol. The molecule has 0 spiro atoms. The summed E-state index contributed by atoms with van der Waals surface area (Å²) in [6, 6.07) is 21.2. The molecule has 0 aliphatic carbocycles. The van der Waals surface area contributed by atoms with Gasteiger partial charge in [-0.2, -0.15) is 0 Å². The number of benzene rings is 3. The molecule has 3 aromatic carbocycles. The van der Waals surface area contributed by atoms with Gasteiger partial charge in [-0.15, -0.1) is 0 Å². The van der Waals surface area contributed by atoms with Gasteiger partial charge in [-0.05, 0) is 42.2 Å². The highest BCUT2D eigenvalue weighted by molar-refractivity contribution is 5.87. The molecule has 3 aromatic rings. The predicted octanol–water partition coefficient (Wildman–Crippen LogP) is 5.00. The Morgan fingerprint density at radius 2 is 2.00 bits per heavy atom. The van der Waals surface area contributed by atoms with Crippen molar-refractivity contribution in [1.29, 1.82) is 0 Å². The van der Waals surface area contributed by atoms with Gasteiger partial charge in [0.1, 0.15) is 12.4 Å². The Bertz CT molecular complexity index is 900. The Morgan fingerprint density at radius 3 is 2.85 bits per heavy atom. The topological polar surface area (TPSA) is 30.5 Å². The van der Waals surface area contributed by atoms with Crippen molar-refractivity contribution < 1.29 is 9.47 Å². The van der Waals surface area contributed by atoms with E-state index in [0.717, 1.165) is 31.9 Å². The molecule has 1 heterocycles. The highest BCUT2D eigenvalue weighted by atomic mass is 16.5. The van der Waals surface area contributed by atoms with Crippen molar-refractivity contribution in [2.24, 2.45) is 0 Å². The minimum Gasteiger partial charge on any atom is -0.489 e. The van der Waals surface area contributed by atoms with Crippen molar-refractivity contribution in [1.82, 2.24) is 5.32 Å². The van der Waals surface area contributed by atoms with E-state index >= 15 is 0 Å². The second-order valence-electron chi connectivity index (χ2n) is 7.31. The maximum atomic E-state index is 6.24. The molecule has 4 rings (SSSR count). The normalized spacial score (nSPS) is 16.7. The van der Waals surface area contributed by atoms with Gasteiger partial charge >= 0.3 is 0 Å². The van der Waals surface area contributed by atoms with E-state index in [-0.39, 0.29) is 0 Å². The lowest BCUT2D eigenvalue weighted by atomic mass is 10.0. The zero-order valence-corrected chi connectivity index (χ0v) is 15.9. The fraction of sp³-hybridized carbons (Fsp3) is 0.333. The second-order valence-corrected chi connectivity index (χ2v) is 7.31. The van der Waals surface area contributed by atoms with Crippen molar-refractivity contribution in [2.75, 3.05) is 13.2 Å². The summed E-state index contributed by atoms with van der Waals surface area (Å²) in [7, 11) is 0. The standard InChI is InChI=1S/C24H27NO2/c1-18-6-4-7-19(14-18)17-27-24-12-11-20-8-2-3-10-22(20)23(24)16-25-15-21-9-5-13-26-21/h2-4,6-8,10-12,14,21,25H,5,9,13,15-17H2,1H3. The van der Waals surface area contributed by atoms with E-state index in [2.05, 4.69) is 72.9 Å². The van der Waals surface area contributed by atoms with Crippen molar-refractivity contribution >= 4 is 10.8 Å². The molecule has 1 aliphatic rings. The van der Waals surface area contributed by atoms with Crippen LogP contribution in [0.4, 0.5) is 0 Å². The number of ether oxygens (including phenoxy) is 2. The Morgan fingerprint density at radius 1 is 1.07 bits per heavy atom. The summed E-state index contributed by atoms with van der Waals surface area (Å²) >= 11 is 0. The molecule has 0 radical (unpaired) electrons. The van der Waals surface area contributed by atoms with Gasteiger partial charge in [0.15, 0.2) is 0 Å². The van der Waals surface area contributed by atoms with E-state index in [4.69, 9.17) is 9.47 Å². The molecule has 3 nitrogen and oxygen atoms in total. The van der Waals surface area contributed by atoms with Crippen molar-refractivity contribution in [3.63, 3.8) is 0 Å². The van der Waals surface area contributed by atoms with Crippen molar-refractivity contribution in [2.45, 2.75) is 39.0 Å². The van der Waals surface area contributed by atoms with Crippen molar-refractivity contribution in [3.8, 4) is 5.75 Å². The molecule has 0 aromatic heterocycles. The molecule has 27 heavy (non-hydrogen) atoms. The first-order valence-electron chi connectivity index (χ1n) is 9.81. The lowest BCUT2D eigenvalue weighted by Crippen LogP contribution is -2.26. The summed E-state index contributed by atoms with van der Waals surface area (Å²) in [5.74, 6) is 0.954. The van der Waals surface area contributed by atoms with Crippen LogP contribution < -0.4 is 10.1 Å². The molecule has 1 atom stereocenters. The summed E-state index contributed by atoms with van der Waals surface area (Å²) in [4.78, 5) is 0. The lowest BCUT2D eigenvalue weighted by molar-refractivity contribution is 0.110. The molecule has 0 bridgehead atoms. The highest BCUT2D eigenvalue weighted by Gasteiger charge is 2.15. The molecule has 1 saturated heterocycles. The SMILES string of the molecule is Cc1cccc(COc2ccc3ccccc3c2CNCC2CCCO2)c1. The highest BCUT2D eigenvalue weighted by Crippen LogP contribution is 2.29. The van der Waals surface area contributed by atoms with E-state index in [1.807, 2.05) is 0 Å². The minimum atomic E-state index is 0.344. The molecule has 1 aliphatic heterocycles. The third-order valence-corrected chi connectivity index (χ3v) is 5.17. The third kappa shape index (κ3) is 4.49. The molecule has 0 saturated carbocycles. The van der Waals surface area contributed by atoms with Crippen LogP contribution in [0.25, 0.3) is 10.8 Å². The average molecular weight is 361 g/mol. The van der Waals surface area contributed by atoms with Crippen LogP contribution in [0.3, 0.4) is 0 Å². The maximum Gasteiger partial charge on any atom is 0.124 e. The Balaban J connectivity index is 1.53. The number of aryl methyl sites for hydroxylation is 1. The van der Waals surface area contributed by atoms with Crippen LogP contribution >= 0.6 is 0 Å². The first kappa shape index (κ1) is 18.0.